The van der Waals surface area contributed by atoms with Crippen molar-refractivity contribution in [2.75, 3.05) is 26.2 Å². The smallest absolute Gasteiger partial charge is 0.0530 e. The molecule has 0 amide bonds. The highest BCUT2D eigenvalue weighted by molar-refractivity contribution is 6.08. The molecule has 1 aliphatic rings. The van der Waals surface area contributed by atoms with Crippen LogP contribution in [0.2, 0.25) is 0 Å². The van der Waals surface area contributed by atoms with E-state index in [1.807, 2.05) is 0 Å². The van der Waals surface area contributed by atoms with Crippen LogP contribution in [0.1, 0.15) is 18.5 Å². The fourth-order valence-electron chi connectivity index (χ4n) is 4.05. The molecule has 3 aromatic rings. The van der Waals surface area contributed by atoms with E-state index in [0.717, 1.165) is 32.7 Å². The molecule has 0 unspecified atom stereocenters. The Morgan fingerprint density at radius 3 is 2.58 bits per heavy atom. The highest BCUT2D eigenvalue weighted by Crippen LogP contribution is 2.32. The lowest BCUT2D eigenvalue weighted by Crippen LogP contribution is -2.44. The van der Waals surface area contributed by atoms with Gasteiger partial charge in [0.2, 0.25) is 0 Å². The van der Waals surface area contributed by atoms with Crippen LogP contribution < -0.4 is 5.32 Å². The fourth-order valence-corrected chi connectivity index (χ4v) is 4.05. The molecule has 1 aromatic heterocycles. The molecule has 0 spiro atoms. The normalized spacial score (nSPS) is 17.4. The van der Waals surface area contributed by atoms with Crippen LogP contribution >= 0.6 is 0 Å². The second-order valence-corrected chi connectivity index (χ2v) is 6.50. The molecule has 3 heteroatoms. The zero-order valence-electron chi connectivity index (χ0n) is 14.3. The third-order valence-electron chi connectivity index (χ3n) is 5.22. The maximum Gasteiger partial charge on any atom is 0.0530 e. The van der Waals surface area contributed by atoms with Gasteiger partial charge in [0, 0.05) is 54.5 Å². The number of piperazine rings is 1. The maximum absolute atomic E-state index is 4.11. The van der Waals surface area contributed by atoms with Gasteiger partial charge in [-0.25, -0.2) is 0 Å². The number of nitrogens with one attached hydrogen (secondary N) is 1. The summed E-state index contributed by atoms with van der Waals surface area (Å²) in [5.74, 6) is 0. The van der Waals surface area contributed by atoms with Crippen molar-refractivity contribution in [2.45, 2.75) is 19.5 Å². The summed E-state index contributed by atoms with van der Waals surface area (Å²) in [6, 6.07) is 15.9. The molecule has 4 rings (SSSR count). The summed E-state index contributed by atoms with van der Waals surface area (Å²) in [5, 5.41) is 6.13. The number of hydrogen-bond donors (Lipinski definition) is 1. The zero-order chi connectivity index (χ0) is 16.5. The Kier molecular flexibility index (Phi) is 4.13. The number of aryl methyl sites for hydroxylation is 1. The monoisotopic (exact) mass is 319 g/mol. The third-order valence-corrected chi connectivity index (χ3v) is 5.22. The lowest BCUT2D eigenvalue weighted by atomic mass is 10.0. The molecule has 0 aliphatic carbocycles. The highest BCUT2D eigenvalue weighted by Gasteiger charge is 2.20. The van der Waals surface area contributed by atoms with E-state index in [1.54, 1.807) is 0 Å². The number of para-hydroxylation sites is 1. The molecular formula is C21H25N3. The fraction of sp³-hybridized carbons (Fsp3) is 0.333. The van der Waals surface area contributed by atoms with Gasteiger partial charge < -0.3 is 9.88 Å². The van der Waals surface area contributed by atoms with E-state index < -0.39 is 0 Å². The topological polar surface area (TPSA) is 20.2 Å². The molecule has 0 radical (unpaired) electrons. The van der Waals surface area contributed by atoms with E-state index in [2.05, 4.69) is 76.8 Å². The highest BCUT2D eigenvalue weighted by atomic mass is 15.2. The number of nitrogens with zero attached hydrogens (tertiary/aromatic N) is 2. The van der Waals surface area contributed by atoms with Crippen molar-refractivity contribution in [1.29, 1.82) is 0 Å². The first-order valence-electron chi connectivity index (χ1n) is 8.91. The minimum absolute atomic E-state index is 0.292. The molecule has 0 saturated carbocycles. The van der Waals surface area contributed by atoms with Crippen molar-refractivity contribution in [3.8, 4) is 0 Å². The second kappa shape index (κ2) is 6.42. The van der Waals surface area contributed by atoms with Crippen molar-refractivity contribution in [3.63, 3.8) is 0 Å². The standard InChI is InChI=1S/C21H25N3/c1-3-19(23-13-11-22-12-14-23)16-9-10-21-18(15-16)17-7-5-6-8-20(17)24(21)4-2/h3,5-10,15,19,22H,1,4,11-14H2,2H3/t19-/m0/s1. The van der Waals surface area contributed by atoms with E-state index >= 15 is 0 Å². The van der Waals surface area contributed by atoms with Crippen molar-refractivity contribution < 1.29 is 0 Å². The van der Waals surface area contributed by atoms with E-state index in [-0.39, 0.29) is 0 Å². The first-order chi connectivity index (χ1) is 11.8. The van der Waals surface area contributed by atoms with Crippen LogP contribution in [0.15, 0.2) is 55.1 Å². The van der Waals surface area contributed by atoms with E-state index in [9.17, 15) is 0 Å². The van der Waals surface area contributed by atoms with Crippen molar-refractivity contribution in [1.82, 2.24) is 14.8 Å². The van der Waals surface area contributed by atoms with Crippen LogP contribution in [0.25, 0.3) is 21.8 Å². The molecule has 3 nitrogen and oxygen atoms in total. The molecule has 1 N–H and O–H groups in total. The molecule has 1 atom stereocenters. The summed E-state index contributed by atoms with van der Waals surface area (Å²) in [6.45, 7) is 11.6. The van der Waals surface area contributed by atoms with Gasteiger partial charge in [-0.2, -0.15) is 0 Å². The van der Waals surface area contributed by atoms with Gasteiger partial charge in [-0.1, -0.05) is 30.3 Å². The SMILES string of the molecule is C=C[C@@H](c1ccc2c(c1)c1ccccc1n2CC)N1CCNCC1. The summed E-state index contributed by atoms with van der Waals surface area (Å²) in [7, 11) is 0. The van der Waals surface area contributed by atoms with Crippen LogP contribution in [0, 0.1) is 0 Å². The summed E-state index contributed by atoms with van der Waals surface area (Å²) in [4.78, 5) is 2.52. The molecule has 1 aliphatic heterocycles. The number of hydrogen-bond acceptors (Lipinski definition) is 2. The van der Waals surface area contributed by atoms with Gasteiger partial charge in [0.15, 0.2) is 0 Å². The Balaban J connectivity index is 1.85. The van der Waals surface area contributed by atoms with Crippen LogP contribution in [-0.2, 0) is 6.54 Å². The Morgan fingerprint density at radius 2 is 1.83 bits per heavy atom. The lowest BCUT2D eigenvalue weighted by molar-refractivity contribution is 0.203. The summed E-state index contributed by atoms with van der Waals surface area (Å²) in [5.41, 5.74) is 3.99. The van der Waals surface area contributed by atoms with Crippen molar-refractivity contribution in [2.24, 2.45) is 0 Å². The molecule has 24 heavy (non-hydrogen) atoms. The Labute approximate surface area is 143 Å². The van der Waals surface area contributed by atoms with Crippen LogP contribution in [0.3, 0.4) is 0 Å². The number of rotatable bonds is 4. The second-order valence-electron chi connectivity index (χ2n) is 6.50. The summed E-state index contributed by atoms with van der Waals surface area (Å²) in [6.07, 6.45) is 2.09. The summed E-state index contributed by atoms with van der Waals surface area (Å²) >= 11 is 0. The predicted molar refractivity (Wildman–Crippen MR) is 102 cm³/mol. The zero-order valence-corrected chi connectivity index (χ0v) is 14.3. The molecule has 2 heterocycles. The van der Waals surface area contributed by atoms with Gasteiger partial charge in [0.05, 0.1) is 6.04 Å². The summed E-state index contributed by atoms with van der Waals surface area (Å²) < 4.78 is 2.40. The quantitative estimate of drug-likeness (QED) is 0.735. The molecule has 124 valence electrons. The van der Waals surface area contributed by atoms with Crippen LogP contribution in [0.4, 0.5) is 0 Å². The molecular weight excluding hydrogens is 294 g/mol. The first kappa shape index (κ1) is 15.4. The third kappa shape index (κ3) is 2.45. The number of fused-ring (bicyclic) bond motifs is 3. The van der Waals surface area contributed by atoms with Gasteiger partial charge in [-0.3, -0.25) is 4.90 Å². The Morgan fingerprint density at radius 1 is 1.08 bits per heavy atom. The van der Waals surface area contributed by atoms with Gasteiger partial charge in [-0.05, 0) is 30.7 Å². The molecule has 1 saturated heterocycles. The van der Waals surface area contributed by atoms with Gasteiger partial charge >= 0.3 is 0 Å². The van der Waals surface area contributed by atoms with Crippen molar-refractivity contribution in [3.05, 3.63) is 60.7 Å². The molecule has 0 bridgehead atoms. The van der Waals surface area contributed by atoms with Crippen LogP contribution in [-0.4, -0.2) is 35.6 Å². The van der Waals surface area contributed by atoms with E-state index in [1.165, 1.54) is 27.4 Å². The van der Waals surface area contributed by atoms with E-state index in [4.69, 9.17) is 0 Å². The minimum Gasteiger partial charge on any atom is -0.341 e. The lowest BCUT2D eigenvalue weighted by Gasteiger charge is -2.33. The number of aromatic nitrogens is 1. The predicted octanol–water partition coefficient (Wildman–Crippen LogP) is 3.95. The maximum atomic E-state index is 4.11. The Bertz CT molecular complexity index is 871. The first-order valence-corrected chi connectivity index (χ1v) is 8.91. The van der Waals surface area contributed by atoms with Gasteiger partial charge in [0.25, 0.3) is 0 Å². The van der Waals surface area contributed by atoms with Crippen LogP contribution in [0.5, 0.6) is 0 Å². The van der Waals surface area contributed by atoms with Gasteiger partial charge in [-0.15, -0.1) is 6.58 Å². The number of benzene rings is 2. The van der Waals surface area contributed by atoms with Gasteiger partial charge in [0.1, 0.15) is 0 Å². The average molecular weight is 319 g/mol. The molecule has 1 fully saturated rings. The molecule has 2 aromatic carbocycles. The Hall–Kier alpha value is -2.10. The van der Waals surface area contributed by atoms with Crippen molar-refractivity contribution >= 4 is 21.8 Å². The average Bonchev–Trinajstić information content (AvgIpc) is 2.96. The largest absolute Gasteiger partial charge is 0.341 e. The minimum atomic E-state index is 0.292. The van der Waals surface area contributed by atoms with E-state index in [0.29, 0.717) is 6.04 Å².